The predicted molar refractivity (Wildman–Crippen MR) is 66.6 cm³/mol. The second-order valence-electron chi connectivity index (χ2n) is 4.40. The lowest BCUT2D eigenvalue weighted by atomic mass is 10.1. The first-order valence-corrected chi connectivity index (χ1v) is 6.83. The molecule has 0 aliphatic heterocycles. The average molecular weight is 233 g/mol. The van der Waals surface area contributed by atoms with Gasteiger partial charge < -0.3 is 4.98 Å². The fraction of sp³-hybridized carbons (Fsp3) is 0.500. The van der Waals surface area contributed by atoms with Crippen LogP contribution in [0.3, 0.4) is 0 Å². The first kappa shape index (κ1) is 10.1. The Morgan fingerprint density at radius 1 is 1.38 bits per heavy atom. The van der Waals surface area contributed by atoms with Gasteiger partial charge in [0.2, 0.25) is 0 Å². The number of nitrogens with one attached hydrogen (secondary N) is 1. The minimum atomic E-state index is 0.899. The van der Waals surface area contributed by atoms with Crippen molar-refractivity contribution in [2.24, 2.45) is 5.92 Å². The lowest BCUT2D eigenvalue weighted by molar-refractivity contribution is 0.622. The topological polar surface area (TPSA) is 41.6 Å². The number of hydrogen-bond donors (Lipinski definition) is 1. The molecule has 0 unspecified atom stereocenters. The number of thioether (sulfide) groups is 1. The van der Waals surface area contributed by atoms with E-state index >= 15 is 0 Å². The number of rotatable bonds is 3. The molecule has 1 N–H and O–H groups in total. The summed E-state index contributed by atoms with van der Waals surface area (Å²) in [6.45, 7) is 0. The second kappa shape index (κ2) is 4.45. The van der Waals surface area contributed by atoms with Gasteiger partial charge in [0.05, 0.1) is 17.2 Å². The first-order valence-electron chi connectivity index (χ1n) is 5.84. The van der Waals surface area contributed by atoms with Crippen molar-refractivity contribution < 1.29 is 0 Å². The van der Waals surface area contributed by atoms with Crippen LogP contribution >= 0.6 is 11.8 Å². The van der Waals surface area contributed by atoms with Crippen LogP contribution in [-0.4, -0.2) is 20.7 Å². The summed E-state index contributed by atoms with van der Waals surface area (Å²) in [5, 5.41) is 1.04. The molecule has 3 rings (SSSR count). The van der Waals surface area contributed by atoms with Crippen LogP contribution in [0.2, 0.25) is 0 Å². The maximum absolute atomic E-state index is 4.54. The van der Waals surface area contributed by atoms with Crippen LogP contribution in [0, 0.1) is 5.92 Å². The average Bonchev–Trinajstić information content (AvgIpc) is 2.95. The molecule has 2 heterocycles. The molecule has 1 saturated carbocycles. The van der Waals surface area contributed by atoms with Gasteiger partial charge in [0.25, 0.3) is 0 Å². The van der Waals surface area contributed by atoms with Crippen LogP contribution in [-0.2, 0) is 0 Å². The highest BCUT2D eigenvalue weighted by molar-refractivity contribution is 7.99. The summed E-state index contributed by atoms with van der Waals surface area (Å²) >= 11 is 1.85. The summed E-state index contributed by atoms with van der Waals surface area (Å²) in [5.74, 6) is 2.10. The quantitative estimate of drug-likeness (QED) is 0.827. The van der Waals surface area contributed by atoms with Gasteiger partial charge in [0, 0.05) is 11.9 Å². The van der Waals surface area contributed by atoms with Crippen molar-refractivity contribution in [2.45, 2.75) is 30.8 Å². The SMILES string of the molecule is c1cc2nc(SCC3CCCC3)[nH]c2cn1. The van der Waals surface area contributed by atoms with Crippen molar-refractivity contribution >= 4 is 22.8 Å². The highest BCUT2D eigenvalue weighted by Crippen LogP contribution is 2.30. The highest BCUT2D eigenvalue weighted by Gasteiger charge is 2.15. The highest BCUT2D eigenvalue weighted by atomic mass is 32.2. The molecule has 2 aromatic rings. The van der Waals surface area contributed by atoms with Gasteiger partial charge >= 0.3 is 0 Å². The number of H-pyrrole nitrogens is 1. The van der Waals surface area contributed by atoms with E-state index in [4.69, 9.17) is 0 Å². The number of fused-ring (bicyclic) bond motifs is 1. The Morgan fingerprint density at radius 3 is 3.06 bits per heavy atom. The van der Waals surface area contributed by atoms with Crippen LogP contribution in [0.1, 0.15) is 25.7 Å². The predicted octanol–water partition coefficient (Wildman–Crippen LogP) is 3.24. The Labute approximate surface area is 99.1 Å². The summed E-state index contributed by atoms with van der Waals surface area (Å²) in [6.07, 6.45) is 9.24. The van der Waals surface area contributed by atoms with Gasteiger partial charge in [-0.1, -0.05) is 24.6 Å². The van der Waals surface area contributed by atoms with Gasteiger partial charge in [-0.05, 0) is 24.8 Å². The Morgan fingerprint density at radius 2 is 2.25 bits per heavy atom. The largest absolute Gasteiger partial charge is 0.332 e. The summed E-state index contributed by atoms with van der Waals surface area (Å²) in [7, 11) is 0. The molecule has 1 fully saturated rings. The molecule has 1 aliphatic rings. The summed E-state index contributed by atoms with van der Waals surface area (Å²) in [6, 6.07) is 1.95. The van der Waals surface area contributed by atoms with Gasteiger partial charge in [-0.2, -0.15) is 0 Å². The molecule has 16 heavy (non-hydrogen) atoms. The van der Waals surface area contributed by atoms with Gasteiger partial charge in [-0.15, -0.1) is 0 Å². The number of aromatic amines is 1. The van der Waals surface area contributed by atoms with Crippen LogP contribution in [0.15, 0.2) is 23.6 Å². The molecule has 3 nitrogen and oxygen atoms in total. The monoisotopic (exact) mass is 233 g/mol. The third kappa shape index (κ3) is 2.07. The van der Waals surface area contributed by atoms with Crippen LogP contribution in [0.25, 0.3) is 11.0 Å². The number of hydrogen-bond acceptors (Lipinski definition) is 3. The zero-order valence-electron chi connectivity index (χ0n) is 9.15. The Balaban J connectivity index is 1.69. The molecule has 1 aliphatic carbocycles. The Hall–Kier alpha value is -1.03. The van der Waals surface area contributed by atoms with Gasteiger partial charge in [-0.3, -0.25) is 4.98 Å². The van der Waals surface area contributed by atoms with E-state index in [1.54, 1.807) is 6.20 Å². The zero-order chi connectivity index (χ0) is 10.8. The van der Waals surface area contributed by atoms with E-state index in [9.17, 15) is 0 Å². The minimum Gasteiger partial charge on any atom is -0.332 e. The Kier molecular flexibility index (Phi) is 2.82. The molecule has 0 aromatic carbocycles. The molecular formula is C12H15N3S. The van der Waals surface area contributed by atoms with Crippen LogP contribution in [0.5, 0.6) is 0 Å². The number of pyridine rings is 1. The van der Waals surface area contributed by atoms with Crippen molar-refractivity contribution in [1.29, 1.82) is 0 Å². The molecule has 0 bridgehead atoms. The van der Waals surface area contributed by atoms with Gasteiger partial charge in [-0.25, -0.2) is 4.98 Å². The number of aromatic nitrogens is 3. The molecule has 0 saturated heterocycles. The van der Waals surface area contributed by atoms with Crippen LogP contribution < -0.4 is 0 Å². The summed E-state index contributed by atoms with van der Waals surface area (Å²) < 4.78 is 0. The maximum atomic E-state index is 4.54. The molecule has 2 aromatic heterocycles. The number of nitrogens with zero attached hydrogens (tertiary/aromatic N) is 2. The standard InChI is InChI=1S/C12H15N3S/c1-2-4-9(3-1)8-16-12-14-10-5-6-13-7-11(10)15-12/h5-7,9H,1-4,8H2,(H,14,15). The Bertz CT molecular complexity index is 441. The molecule has 0 radical (unpaired) electrons. The minimum absolute atomic E-state index is 0.899. The van der Waals surface area contributed by atoms with E-state index in [0.717, 1.165) is 22.1 Å². The van der Waals surface area contributed by atoms with Crippen molar-refractivity contribution in [2.75, 3.05) is 5.75 Å². The third-order valence-corrected chi connectivity index (χ3v) is 4.30. The van der Waals surface area contributed by atoms with Crippen molar-refractivity contribution in [3.63, 3.8) is 0 Å². The van der Waals surface area contributed by atoms with Crippen molar-refractivity contribution in [1.82, 2.24) is 15.0 Å². The number of imidazole rings is 1. The van der Waals surface area contributed by atoms with Crippen molar-refractivity contribution in [3.05, 3.63) is 18.5 Å². The van der Waals surface area contributed by atoms with E-state index in [2.05, 4.69) is 15.0 Å². The van der Waals surface area contributed by atoms with Gasteiger partial charge in [0.1, 0.15) is 0 Å². The first-order chi connectivity index (χ1) is 7.92. The summed E-state index contributed by atoms with van der Waals surface area (Å²) in [4.78, 5) is 11.9. The van der Waals surface area contributed by atoms with Crippen LogP contribution in [0.4, 0.5) is 0 Å². The second-order valence-corrected chi connectivity index (χ2v) is 5.40. The smallest absolute Gasteiger partial charge is 0.166 e. The molecule has 84 valence electrons. The normalized spacial score (nSPS) is 17.2. The lowest BCUT2D eigenvalue weighted by Crippen LogP contribution is -1.96. The fourth-order valence-corrected chi connectivity index (χ4v) is 3.35. The fourth-order valence-electron chi connectivity index (χ4n) is 2.28. The van der Waals surface area contributed by atoms with Crippen molar-refractivity contribution in [3.8, 4) is 0 Å². The van der Waals surface area contributed by atoms with E-state index in [1.807, 2.05) is 24.0 Å². The maximum Gasteiger partial charge on any atom is 0.166 e. The molecule has 0 atom stereocenters. The van der Waals surface area contributed by atoms with E-state index in [-0.39, 0.29) is 0 Å². The molecule has 4 heteroatoms. The summed E-state index contributed by atoms with van der Waals surface area (Å²) in [5.41, 5.74) is 2.06. The molecular weight excluding hydrogens is 218 g/mol. The third-order valence-electron chi connectivity index (χ3n) is 3.19. The van der Waals surface area contributed by atoms with E-state index in [1.165, 1.54) is 31.4 Å². The lowest BCUT2D eigenvalue weighted by Gasteiger charge is -2.05. The van der Waals surface area contributed by atoms with Gasteiger partial charge in [0.15, 0.2) is 5.16 Å². The van der Waals surface area contributed by atoms with E-state index < -0.39 is 0 Å². The molecule has 0 amide bonds. The zero-order valence-corrected chi connectivity index (χ0v) is 9.96. The van der Waals surface area contributed by atoms with E-state index in [0.29, 0.717) is 0 Å². The molecule has 0 spiro atoms.